The van der Waals surface area contributed by atoms with Crippen LogP contribution in [0.2, 0.25) is 0 Å². The number of Topliss-reactive ketones (excluding diaryl/α,β-unsaturated/α-hetero) is 1. The van der Waals surface area contributed by atoms with Crippen LogP contribution in [0.15, 0.2) is 12.4 Å². The highest BCUT2D eigenvalue weighted by Crippen LogP contribution is 2.18. The summed E-state index contributed by atoms with van der Waals surface area (Å²) in [5.74, 6) is 1.26. The van der Waals surface area contributed by atoms with Crippen molar-refractivity contribution in [2.45, 2.75) is 31.7 Å². The normalized spacial score (nSPS) is 15.5. The van der Waals surface area contributed by atoms with E-state index in [2.05, 4.69) is 10.3 Å². The van der Waals surface area contributed by atoms with Crippen molar-refractivity contribution >= 4 is 5.78 Å². The Morgan fingerprint density at radius 1 is 1.67 bits per heavy atom. The van der Waals surface area contributed by atoms with E-state index in [-0.39, 0.29) is 5.78 Å². The minimum atomic E-state index is 0.282. The lowest BCUT2D eigenvalue weighted by Crippen LogP contribution is -2.25. The van der Waals surface area contributed by atoms with Gasteiger partial charge in [-0.25, -0.2) is 4.98 Å². The number of hydrogen-bond acceptors (Lipinski definition) is 3. The Bertz CT molecular complexity index is 341. The predicted molar refractivity (Wildman–Crippen MR) is 57.6 cm³/mol. The van der Waals surface area contributed by atoms with Gasteiger partial charge in [0.1, 0.15) is 11.6 Å². The van der Waals surface area contributed by atoms with Crippen molar-refractivity contribution in [3.8, 4) is 0 Å². The van der Waals surface area contributed by atoms with Crippen LogP contribution < -0.4 is 5.32 Å². The standard InChI is InChI=1S/C11H17N3O/c1-14-7-6-12-11(14)5-4-10(15)8-13-9-2-3-9/h6-7,9,13H,2-5,8H2,1H3. The number of aryl methyl sites for hydroxylation is 2. The van der Waals surface area contributed by atoms with Crippen molar-refractivity contribution in [1.29, 1.82) is 0 Å². The molecule has 1 fully saturated rings. The minimum Gasteiger partial charge on any atom is -0.338 e. The first-order valence-electron chi connectivity index (χ1n) is 5.47. The summed E-state index contributed by atoms with van der Waals surface area (Å²) in [4.78, 5) is 15.7. The summed E-state index contributed by atoms with van der Waals surface area (Å²) >= 11 is 0. The third kappa shape index (κ3) is 3.16. The number of ketones is 1. The first-order valence-corrected chi connectivity index (χ1v) is 5.47. The van der Waals surface area contributed by atoms with Crippen molar-refractivity contribution in [2.75, 3.05) is 6.54 Å². The zero-order chi connectivity index (χ0) is 10.7. The molecule has 0 bridgehead atoms. The second kappa shape index (κ2) is 4.57. The fourth-order valence-corrected chi connectivity index (χ4v) is 1.52. The van der Waals surface area contributed by atoms with Crippen LogP contribution in [0.25, 0.3) is 0 Å². The molecule has 82 valence electrons. The number of aromatic nitrogens is 2. The summed E-state index contributed by atoms with van der Waals surface area (Å²) in [6.07, 6.45) is 7.46. The molecule has 4 heteroatoms. The molecule has 1 saturated carbocycles. The van der Waals surface area contributed by atoms with Gasteiger partial charge >= 0.3 is 0 Å². The van der Waals surface area contributed by atoms with E-state index < -0.39 is 0 Å². The Kier molecular flexibility index (Phi) is 3.16. The highest BCUT2D eigenvalue weighted by Gasteiger charge is 2.20. The van der Waals surface area contributed by atoms with E-state index >= 15 is 0 Å². The Labute approximate surface area is 89.7 Å². The second-order valence-corrected chi connectivity index (χ2v) is 4.15. The van der Waals surface area contributed by atoms with Gasteiger partial charge < -0.3 is 9.88 Å². The molecular weight excluding hydrogens is 190 g/mol. The molecule has 0 aliphatic heterocycles. The summed E-state index contributed by atoms with van der Waals surface area (Å²) in [6.45, 7) is 0.523. The van der Waals surface area contributed by atoms with E-state index in [1.165, 1.54) is 12.8 Å². The van der Waals surface area contributed by atoms with Gasteiger partial charge in [0.15, 0.2) is 0 Å². The molecule has 1 aromatic heterocycles. The average Bonchev–Trinajstić information content (AvgIpc) is 2.96. The van der Waals surface area contributed by atoms with Gasteiger partial charge in [0.25, 0.3) is 0 Å². The van der Waals surface area contributed by atoms with Crippen LogP contribution in [-0.4, -0.2) is 27.9 Å². The van der Waals surface area contributed by atoms with Crippen molar-refractivity contribution in [3.05, 3.63) is 18.2 Å². The van der Waals surface area contributed by atoms with Crippen LogP contribution in [-0.2, 0) is 18.3 Å². The molecule has 1 aromatic rings. The summed E-state index contributed by atoms with van der Waals surface area (Å²) in [5.41, 5.74) is 0. The van der Waals surface area contributed by atoms with Crippen LogP contribution in [0.5, 0.6) is 0 Å². The van der Waals surface area contributed by atoms with Crippen molar-refractivity contribution in [3.63, 3.8) is 0 Å². The Morgan fingerprint density at radius 2 is 2.47 bits per heavy atom. The number of carbonyl (C=O) groups is 1. The highest BCUT2D eigenvalue weighted by molar-refractivity contribution is 5.80. The SMILES string of the molecule is Cn1ccnc1CCC(=O)CNC1CC1. The molecule has 1 aliphatic rings. The van der Waals surface area contributed by atoms with Gasteiger partial charge in [-0.3, -0.25) is 4.79 Å². The molecule has 4 nitrogen and oxygen atoms in total. The topological polar surface area (TPSA) is 46.9 Å². The number of nitrogens with zero attached hydrogens (tertiary/aromatic N) is 2. The van der Waals surface area contributed by atoms with Crippen LogP contribution >= 0.6 is 0 Å². The number of carbonyl (C=O) groups excluding carboxylic acids is 1. The fourth-order valence-electron chi connectivity index (χ4n) is 1.52. The van der Waals surface area contributed by atoms with Crippen LogP contribution in [0.1, 0.15) is 25.1 Å². The van der Waals surface area contributed by atoms with E-state index in [1.54, 1.807) is 6.20 Å². The highest BCUT2D eigenvalue weighted by atomic mass is 16.1. The van der Waals surface area contributed by atoms with Gasteiger partial charge in [-0.2, -0.15) is 0 Å². The van der Waals surface area contributed by atoms with Gasteiger partial charge in [0.05, 0.1) is 6.54 Å². The lowest BCUT2D eigenvalue weighted by atomic mass is 10.2. The Balaban J connectivity index is 1.68. The van der Waals surface area contributed by atoms with Gasteiger partial charge in [0, 0.05) is 38.3 Å². The third-order valence-electron chi connectivity index (χ3n) is 2.71. The smallest absolute Gasteiger partial charge is 0.147 e. The lowest BCUT2D eigenvalue weighted by molar-refractivity contribution is -0.118. The monoisotopic (exact) mass is 207 g/mol. The summed E-state index contributed by atoms with van der Waals surface area (Å²) in [6, 6.07) is 0.613. The lowest BCUT2D eigenvalue weighted by Gasteiger charge is -2.02. The quantitative estimate of drug-likeness (QED) is 0.746. The minimum absolute atomic E-state index is 0.282. The number of hydrogen-bond donors (Lipinski definition) is 1. The fraction of sp³-hybridized carbons (Fsp3) is 0.636. The van der Waals surface area contributed by atoms with Crippen molar-refractivity contribution in [2.24, 2.45) is 7.05 Å². The second-order valence-electron chi connectivity index (χ2n) is 4.15. The molecule has 0 saturated heterocycles. The van der Waals surface area contributed by atoms with E-state index in [0.29, 0.717) is 19.0 Å². The number of nitrogens with one attached hydrogen (secondary N) is 1. The van der Waals surface area contributed by atoms with Crippen molar-refractivity contribution < 1.29 is 4.79 Å². The Morgan fingerprint density at radius 3 is 3.07 bits per heavy atom. The molecule has 1 heterocycles. The van der Waals surface area contributed by atoms with Gasteiger partial charge in [-0.05, 0) is 12.8 Å². The molecule has 15 heavy (non-hydrogen) atoms. The zero-order valence-electron chi connectivity index (χ0n) is 9.07. The number of rotatable bonds is 6. The van der Waals surface area contributed by atoms with E-state index in [4.69, 9.17) is 0 Å². The molecule has 1 aliphatic carbocycles. The first-order chi connectivity index (χ1) is 7.25. The maximum Gasteiger partial charge on any atom is 0.147 e. The predicted octanol–water partition coefficient (Wildman–Crippen LogP) is 0.674. The third-order valence-corrected chi connectivity index (χ3v) is 2.71. The van der Waals surface area contributed by atoms with Gasteiger partial charge in [-0.15, -0.1) is 0 Å². The Hall–Kier alpha value is -1.16. The summed E-state index contributed by atoms with van der Waals surface area (Å²) < 4.78 is 1.96. The van der Waals surface area contributed by atoms with Gasteiger partial charge in [0.2, 0.25) is 0 Å². The van der Waals surface area contributed by atoms with Gasteiger partial charge in [-0.1, -0.05) is 0 Å². The van der Waals surface area contributed by atoms with Crippen LogP contribution in [0.3, 0.4) is 0 Å². The maximum absolute atomic E-state index is 11.5. The molecule has 0 spiro atoms. The first kappa shape index (κ1) is 10.4. The van der Waals surface area contributed by atoms with E-state index in [9.17, 15) is 4.79 Å². The number of imidazole rings is 1. The molecule has 0 unspecified atom stereocenters. The van der Waals surface area contributed by atoms with E-state index in [0.717, 1.165) is 12.2 Å². The molecule has 1 N–H and O–H groups in total. The molecule has 2 rings (SSSR count). The zero-order valence-corrected chi connectivity index (χ0v) is 9.07. The molecule has 0 amide bonds. The molecular formula is C11H17N3O. The van der Waals surface area contributed by atoms with Crippen LogP contribution in [0.4, 0.5) is 0 Å². The summed E-state index contributed by atoms with van der Waals surface area (Å²) in [5, 5.41) is 3.22. The maximum atomic E-state index is 11.5. The molecule has 0 aromatic carbocycles. The molecule has 0 atom stereocenters. The van der Waals surface area contributed by atoms with E-state index in [1.807, 2.05) is 17.8 Å². The molecule has 0 radical (unpaired) electrons. The summed E-state index contributed by atoms with van der Waals surface area (Å²) in [7, 11) is 1.95. The largest absolute Gasteiger partial charge is 0.338 e. The average molecular weight is 207 g/mol. The van der Waals surface area contributed by atoms with Crippen LogP contribution in [0, 0.1) is 0 Å². The van der Waals surface area contributed by atoms with Crippen molar-refractivity contribution in [1.82, 2.24) is 14.9 Å².